The quantitative estimate of drug-likeness (QED) is 0.724. The first-order valence-electron chi connectivity index (χ1n) is 8.69. The molecular weight excluding hydrogens is 312 g/mol. The molecule has 0 saturated carbocycles. The normalized spacial score (nSPS) is 10.8. The van der Waals surface area contributed by atoms with Crippen LogP contribution in [-0.4, -0.2) is 17.6 Å². The highest BCUT2D eigenvalue weighted by Gasteiger charge is 2.12. The zero-order valence-corrected chi connectivity index (χ0v) is 15.0. The summed E-state index contributed by atoms with van der Waals surface area (Å²) in [5.41, 5.74) is 4.34. The minimum Gasteiger partial charge on any atom is -0.497 e. The van der Waals surface area contributed by atoms with Crippen molar-refractivity contribution >= 4 is 22.5 Å². The fourth-order valence-electron chi connectivity index (χ4n) is 3.18. The zero-order chi connectivity index (χ0) is 17.8. The van der Waals surface area contributed by atoms with Crippen molar-refractivity contribution < 1.29 is 9.53 Å². The third-order valence-corrected chi connectivity index (χ3v) is 4.56. The molecule has 0 aliphatic heterocycles. The lowest BCUT2D eigenvalue weighted by Crippen LogP contribution is -2.20. The maximum Gasteiger partial charge on any atom is 0.244 e. The highest BCUT2D eigenvalue weighted by molar-refractivity contribution is 5.93. The van der Waals surface area contributed by atoms with Gasteiger partial charge in [0.2, 0.25) is 5.91 Å². The maximum absolute atomic E-state index is 12.6. The summed E-state index contributed by atoms with van der Waals surface area (Å²) in [6.07, 6.45) is 3.74. The number of ether oxygens (including phenoxy) is 1. The van der Waals surface area contributed by atoms with Crippen LogP contribution in [0.3, 0.4) is 0 Å². The lowest BCUT2D eigenvalue weighted by atomic mass is 10.0. The Hall–Kier alpha value is -2.75. The van der Waals surface area contributed by atoms with Crippen LogP contribution in [-0.2, 0) is 24.2 Å². The molecule has 130 valence electrons. The lowest BCUT2D eigenvalue weighted by molar-refractivity contribution is -0.116. The van der Waals surface area contributed by atoms with Crippen LogP contribution >= 0.6 is 0 Å². The third-order valence-electron chi connectivity index (χ3n) is 4.56. The topological polar surface area (TPSA) is 43.3 Å². The molecule has 0 aliphatic rings. The summed E-state index contributed by atoms with van der Waals surface area (Å²) < 4.78 is 7.22. The fraction of sp³-hybridized carbons (Fsp3) is 0.286. The van der Waals surface area contributed by atoms with E-state index in [0.717, 1.165) is 35.2 Å². The molecule has 2 aromatic carbocycles. The molecular formula is C21H24N2O2. The Morgan fingerprint density at radius 3 is 2.44 bits per heavy atom. The van der Waals surface area contributed by atoms with Gasteiger partial charge in [-0.05, 0) is 48.2 Å². The first-order chi connectivity index (χ1) is 12.2. The average Bonchev–Trinajstić information content (AvgIpc) is 3.03. The first kappa shape index (κ1) is 17.1. The standard InChI is InChI=1S/C21H24N2O2/c1-4-15-7-6-8-16(5-2)21(15)22-20(24)14-23-12-11-17-13-18(25-3)9-10-19(17)23/h6-13H,4-5,14H2,1-3H3,(H,22,24). The van der Waals surface area contributed by atoms with Crippen molar-refractivity contribution in [3.05, 3.63) is 59.8 Å². The van der Waals surface area contributed by atoms with E-state index in [0.29, 0.717) is 0 Å². The van der Waals surface area contributed by atoms with E-state index in [4.69, 9.17) is 4.74 Å². The van der Waals surface area contributed by atoms with Gasteiger partial charge in [0.15, 0.2) is 0 Å². The molecule has 0 atom stereocenters. The van der Waals surface area contributed by atoms with Crippen molar-refractivity contribution in [2.75, 3.05) is 12.4 Å². The zero-order valence-electron chi connectivity index (χ0n) is 15.0. The Balaban J connectivity index is 1.82. The Morgan fingerprint density at radius 2 is 1.80 bits per heavy atom. The van der Waals surface area contributed by atoms with Crippen LogP contribution in [0.5, 0.6) is 5.75 Å². The Labute approximate surface area is 148 Å². The molecule has 0 unspecified atom stereocenters. The van der Waals surface area contributed by atoms with Gasteiger partial charge in [0.25, 0.3) is 0 Å². The van der Waals surface area contributed by atoms with Crippen LogP contribution in [0, 0.1) is 0 Å². The second-order valence-corrected chi connectivity index (χ2v) is 6.07. The number of amides is 1. The van der Waals surface area contributed by atoms with Crippen LogP contribution < -0.4 is 10.1 Å². The van der Waals surface area contributed by atoms with E-state index in [2.05, 4.69) is 37.4 Å². The van der Waals surface area contributed by atoms with Gasteiger partial charge in [-0.25, -0.2) is 0 Å². The summed E-state index contributed by atoms with van der Waals surface area (Å²) in [4.78, 5) is 12.6. The van der Waals surface area contributed by atoms with Gasteiger partial charge in [-0.3, -0.25) is 4.79 Å². The van der Waals surface area contributed by atoms with Crippen LogP contribution in [0.4, 0.5) is 5.69 Å². The van der Waals surface area contributed by atoms with E-state index in [1.165, 1.54) is 11.1 Å². The fourth-order valence-corrected chi connectivity index (χ4v) is 3.18. The summed E-state index contributed by atoms with van der Waals surface area (Å²) in [5.74, 6) is 0.808. The molecule has 1 N–H and O–H groups in total. The Bertz CT molecular complexity index is 874. The molecule has 0 bridgehead atoms. The number of methoxy groups -OCH3 is 1. The molecule has 0 spiro atoms. The summed E-state index contributed by atoms with van der Waals surface area (Å²) in [6, 6.07) is 14.1. The molecule has 1 heterocycles. The molecule has 1 amide bonds. The molecule has 0 aliphatic carbocycles. The average molecular weight is 336 g/mol. The lowest BCUT2D eigenvalue weighted by Gasteiger charge is -2.15. The Kier molecular flexibility index (Phi) is 5.08. The van der Waals surface area contributed by atoms with E-state index in [1.807, 2.05) is 35.0 Å². The van der Waals surface area contributed by atoms with E-state index in [9.17, 15) is 4.79 Å². The summed E-state index contributed by atoms with van der Waals surface area (Å²) in [6.45, 7) is 4.51. The molecule has 4 nitrogen and oxygen atoms in total. The minimum absolute atomic E-state index is 0.0103. The van der Waals surface area contributed by atoms with Crippen LogP contribution in [0.25, 0.3) is 10.9 Å². The van der Waals surface area contributed by atoms with E-state index in [-0.39, 0.29) is 12.5 Å². The molecule has 4 heteroatoms. The second kappa shape index (κ2) is 7.43. The number of nitrogens with zero attached hydrogens (tertiary/aromatic N) is 1. The number of hydrogen-bond acceptors (Lipinski definition) is 2. The number of para-hydroxylation sites is 1. The first-order valence-corrected chi connectivity index (χ1v) is 8.69. The van der Waals surface area contributed by atoms with E-state index >= 15 is 0 Å². The summed E-state index contributed by atoms with van der Waals surface area (Å²) >= 11 is 0. The molecule has 0 saturated heterocycles. The van der Waals surface area contributed by atoms with Crippen molar-refractivity contribution in [1.82, 2.24) is 4.57 Å². The number of benzene rings is 2. The summed E-state index contributed by atoms with van der Waals surface area (Å²) in [7, 11) is 1.65. The number of hydrogen-bond donors (Lipinski definition) is 1. The van der Waals surface area contributed by atoms with Gasteiger partial charge in [0, 0.05) is 22.8 Å². The third kappa shape index (κ3) is 3.53. The van der Waals surface area contributed by atoms with Crippen molar-refractivity contribution in [2.24, 2.45) is 0 Å². The van der Waals surface area contributed by atoms with Gasteiger partial charge in [0.05, 0.1) is 7.11 Å². The van der Waals surface area contributed by atoms with Gasteiger partial charge in [-0.15, -0.1) is 0 Å². The van der Waals surface area contributed by atoms with Crippen molar-refractivity contribution in [2.45, 2.75) is 33.2 Å². The van der Waals surface area contributed by atoms with Crippen LogP contribution in [0.2, 0.25) is 0 Å². The van der Waals surface area contributed by atoms with Crippen molar-refractivity contribution in [1.29, 1.82) is 0 Å². The largest absolute Gasteiger partial charge is 0.497 e. The highest BCUT2D eigenvalue weighted by Crippen LogP contribution is 2.24. The van der Waals surface area contributed by atoms with Crippen molar-refractivity contribution in [3.8, 4) is 5.75 Å². The molecule has 25 heavy (non-hydrogen) atoms. The molecule has 3 aromatic rings. The highest BCUT2D eigenvalue weighted by atomic mass is 16.5. The number of aromatic nitrogens is 1. The van der Waals surface area contributed by atoms with Gasteiger partial charge < -0.3 is 14.6 Å². The number of rotatable bonds is 6. The second-order valence-electron chi connectivity index (χ2n) is 6.07. The van der Waals surface area contributed by atoms with E-state index < -0.39 is 0 Å². The molecule has 1 aromatic heterocycles. The number of carbonyl (C=O) groups is 1. The predicted octanol–water partition coefficient (Wildman–Crippen LogP) is 4.41. The maximum atomic E-state index is 12.6. The van der Waals surface area contributed by atoms with Crippen molar-refractivity contribution in [3.63, 3.8) is 0 Å². The molecule has 0 radical (unpaired) electrons. The number of fused-ring (bicyclic) bond motifs is 1. The number of carbonyl (C=O) groups excluding carboxylic acids is 1. The van der Waals surface area contributed by atoms with Gasteiger partial charge >= 0.3 is 0 Å². The monoisotopic (exact) mass is 336 g/mol. The smallest absolute Gasteiger partial charge is 0.244 e. The van der Waals surface area contributed by atoms with Gasteiger partial charge in [-0.1, -0.05) is 32.0 Å². The van der Waals surface area contributed by atoms with Crippen LogP contribution in [0.1, 0.15) is 25.0 Å². The minimum atomic E-state index is -0.0103. The van der Waals surface area contributed by atoms with E-state index in [1.54, 1.807) is 7.11 Å². The summed E-state index contributed by atoms with van der Waals surface area (Å²) in [5, 5.41) is 4.19. The number of anilines is 1. The molecule has 3 rings (SSSR count). The number of nitrogens with one attached hydrogen (secondary N) is 1. The van der Waals surface area contributed by atoms with Crippen LogP contribution in [0.15, 0.2) is 48.7 Å². The predicted molar refractivity (Wildman–Crippen MR) is 102 cm³/mol. The Morgan fingerprint density at radius 1 is 1.08 bits per heavy atom. The SMILES string of the molecule is CCc1cccc(CC)c1NC(=O)Cn1ccc2cc(OC)ccc21. The van der Waals surface area contributed by atoms with Gasteiger partial charge in [0.1, 0.15) is 12.3 Å². The number of aryl methyl sites for hydroxylation is 2. The van der Waals surface area contributed by atoms with Gasteiger partial charge in [-0.2, -0.15) is 0 Å². The molecule has 0 fully saturated rings.